The van der Waals surface area contributed by atoms with E-state index in [1.807, 2.05) is 23.5 Å². The third-order valence-electron chi connectivity index (χ3n) is 1.29. The zero-order valence-electron chi connectivity index (χ0n) is 5.30. The van der Waals surface area contributed by atoms with Gasteiger partial charge in [0.15, 0.2) is 0 Å². The summed E-state index contributed by atoms with van der Waals surface area (Å²) in [5.74, 6) is 6.19. The van der Waals surface area contributed by atoms with Gasteiger partial charge in [0, 0.05) is 11.0 Å². The van der Waals surface area contributed by atoms with Crippen LogP contribution in [0.5, 0.6) is 0 Å². The number of hydrogen-bond donors (Lipinski definition) is 0. The maximum atomic E-state index is 5.13. The smallest absolute Gasteiger partial charge is 0.0547 e. The molecule has 1 rings (SSSR count). The Bertz CT molecular complexity index is 109. The van der Waals surface area contributed by atoms with Crippen molar-refractivity contribution in [1.82, 2.24) is 0 Å². The molecular weight excluding hydrogens is 148 g/mol. The number of thioether (sulfide) groups is 2. The summed E-state index contributed by atoms with van der Waals surface area (Å²) >= 11 is 3.97. The molecule has 0 aromatic carbocycles. The molecule has 0 amide bonds. The highest BCUT2D eigenvalue weighted by Gasteiger charge is 2.14. The summed E-state index contributed by atoms with van der Waals surface area (Å²) in [4.78, 5) is 0. The van der Waals surface area contributed by atoms with Gasteiger partial charge in [-0.2, -0.15) is 11.8 Å². The van der Waals surface area contributed by atoms with E-state index in [4.69, 9.17) is 6.42 Å². The Morgan fingerprint density at radius 1 is 1.78 bits per heavy atom. The van der Waals surface area contributed by atoms with Gasteiger partial charge in [0.2, 0.25) is 0 Å². The molecule has 0 aromatic heterocycles. The van der Waals surface area contributed by atoms with Gasteiger partial charge in [-0.3, -0.25) is 0 Å². The Morgan fingerprint density at radius 2 is 2.67 bits per heavy atom. The summed E-state index contributed by atoms with van der Waals surface area (Å²) in [6.07, 6.45) is 6.49. The maximum absolute atomic E-state index is 5.13. The molecule has 9 heavy (non-hydrogen) atoms. The van der Waals surface area contributed by atoms with Crippen molar-refractivity contribution in [3.63, 3.8) is 0 Å². The molecule has 0 spiro atoms. The van der Waals surface area contributed by atoms with Crippen LogP contribution in [0.1, 0.15) is 6.42 Å². The first kappa shape index (κ1) is 7.37. The zero-order valence-corrected chi connectivity index (χ0v) is 6.93. The predicted octanol–water partition coefficient (Wildman–Crippen LogP) is 1.86. The summed E-state index contributed by atoms with van der Waals surface area (Å²) in [6, 6.07) is 0. The minimum atomic E-state index is 0.853. The van der Waals surface area contributed by atoms with Crippen LogP contribution in [0.15, 0.2) is 0 Å². The quantitative estimate of drug-likeness (QED) is 0.563. The second kappa shape index (κ2) is 4.14. The van der Waals surface area contributed by atoms with Gasteiger partial charge in [0.05, 0.1) is 5.75 Å². The van der Waals surface area contributed by atoms with E-state index in [1.165, 1.54) is 17.9 Å². The van der Waals surface area contributed by atoms with Gasteiger partial charge in [0.1, 0.15) is 0 Å². The largest absolute Gasteiger partial charge is 0.161 e. The van der Waals surface area contributed by atoms with Gasteiger partial charge < -0.3 is 0 Å². The Kier molecular flexibility index (Phi) is 3.39. The fourth-order valence-corrected chi connectivity index (χ4v) is 3.30. The molecule has 0 N–H and O–H groups in total. The fourth-order valence-electron chi connectivity index (χ4n) is 0.810. The standard InChI is InChI=1S/C7H10S2/c1-2-4-9-7-3-5-8-6-7/h1,7H,3-6H2. The summed E-state index contributed by atoms with van der Waals surface area (Å²) in [6.45, 7) is 0. The molecule has 0 aliphatic carbocycles. The van der Waals surface area contributed by atoms with Crippen molar-refractivity contribution in [2.75, 3.05) is 17.3 Å². The molecule has 2 heteroatoms. The SMILES string of the molecule is C#CCSC1CCSC1. The van der Waals surface area contributed by atoms with E-state index in [0.717, 1.165) is 11.0 Å². The molecular formula is C7H10S2. The Morgan fingerprint density at radius 3 is 3.22 bits per heavy atom. The van der Waals surface area contributed by atoms with Gasteiger partial charge in [0.25, 0.3) is 0 Å². The van der Waals surface area contributed by atoms with Crippen molar-refractivity contribution < 1.29 is 0 Å². The second-order valence-electron chi connectivity index (χ2n) is 2.00. The van der Waals surface area contributed by atoms with Gasteiger partial charge in [-0.25, -0.2) is 0 Å². The van der Waals surface area contributed by atoms with Crippen LogP contribution in [-0.2, 0) is 0 Å². The van der Waals surface area contributed by atoms with E-state index < -0.39 is 0 Å². The normalized spacial score (nSPS) is 25.9. The Hall–Kier alpha value is 0.260. The van der Waals surface area contributed by atoms with Crippen molar-refractivity contribution in [3.05, 3.63) is 0 Å². The third kappa shape index (κ3) is 2.55. The molecule has 0 saturated carbocycles. The first-order valence-corrected chi connectivity index (χ1v) is 5.26. The van der Waals surface area contributed by atoms with Gasteiger partial charge >= 0.3 is 0 Å². The lowest BCUT2D eigenvalue weighted by Crippen LogP contribution is -1.98. The van der Waals surface area contributed by atoms with Crippen LogP contribution < -0.4 is 0 Å². The fraction of sp³-hybridized carbons (Fsp3) is 0.714. The van der Waals surface area contributed by atoms with E-state index in [0.29, 0.717) is 0 Å². The highest BCUT2D eigenvalue weighted by molar-refractivity contribution is 8.04. The minimum absolute atomic E-state index is 0.853. The lowest BCUT2D eigenvalue weighted by molar-refractivity contribution is 0.972. The molecule has 1 atom stereocenters. The third-order valence-corrected chi connectivity index (χ3v) is 3.87. The van der Waals surface area contributed by atoms with Gasteiger partial charge in [-0.05, 0) is 12.2 Å². The van der Waals surface area contributed by atoms with Crippen LogP contribution in [0.4, 0.5) is 0 Å². The molecule has 0 aromatic rings. The van der Waals surface area contributed by atoms with Crippen molar-refractivity contribution in [3.8, 4) is 12.3 Å². The van der Waals surface area contributed by atoms with Crippen molar-refractivity contribution in [2.24, 2.45) is 0 Å². The average Bonchev–Trinajstić information content (AvgIpc) is 2.34. The Labute approximate surface area is 65.2 Å². The van der Waals surface area contributed by atoms with Crippen molar-refractivity contribution >= 4 is 23.5 Å². The molecule has 50 valence electrons. The van der Waals surface area contributed by atoms with Crippen molar-refractivity contribution in [2.45, 2.75) is 11.7 Å². The monoisotopic (exact) mass is 158 g/mol. The van der Waals surface area contributed by atoms with E-state index in [-0.39, 0.29) is 0 Å². The molecule has 1 fully saturated rings. The van der Waals surface area contributed by atoms with Gasteiger partial charge in [-0.1, -0.05) is 5.92 Å². The zero-order chi connectivity index (χ0) is 6.53. The highest BCUT2D eigenvalue weighted by Crippen LogP contribution is 2.27. The molecule has 0 bridgehead atoms. The topological polar surface area (TPSA) is 0 Å². The second-order valence-corrected chi connectivity index (χ2v) is 4.44. The van der Waals surface area contributed by atoms with Crippen LogP contribution >= 0.6 is 23.5 Å². The Balaban J connectivity index is 2.06. The summed E-state index contributed by atoms with van der Waals surface area (Å²) in [7, 11) is 0. The van der Waals surface area contributed by atoms with E-state index >= 15 is 0 Å². The van der Waals surface area contributed by atoms with Crippen molar-refractivity contribution in [1.29, 1.82) is 0 Å². The molecule has 0 nitrogen and oxygen atoms in total. The number of terminal acetylenes is 1. The first-order chi connectivity index (χ1) is 4.43. The lowest BCUT2D eigenvalue weighted by Gasteiger charge is -2.02. The molecule has 1 heterocycles. The molecule has 1 unspecified atom stereocenters. The van der Waals surface area contributed by atoms with Crippen LogP contribution in [0.3, 0.4) is 0 Å². The van der Waals surface area contributed by atoms with Gasteiger partial charge in [-0.15, -0.1) is 18.2 Å². The number of rotatable bonds is 2. The summed E-state index contributed by atoms with van der Waals surface area (Å²) in [5, 5.41) is 0.853. The highest BCUT2D eigenvalue weighted by atomic mass is 32.2. The summed E-state index contributed by atoms with van der Waals surface area (Å²) < 4.78 is 0. The van der Waals surface area contributed by atoms with Crippen LogP contribution in [0.2, 0.25) is 0 Å². The average molecular weight is 158 g/mol. The van der Waals surface area contributed by atoms with Crippen LogP contribution in [0.25, 0.3) is 0 Å². The van der Waals surface area contributed by atoms with E-state index in [1.54, 1.807) is 0 Å². The maximum Gasteiger partial charge on any atom is 0.0547 e. The molecule has 1 aliphatic rings. The molecule has 1 saturated heterocycles. The molecule has 1 aliphatic heterocycles. The first-order valence-electron chi connectivity index (χ1n) is 3.06. The number of hydrogen-bond acceptors (Lipinski definition) is 2. The molecule has 0 radical (unpaired) electrons. The van der Waals surface area contributed by atoms with E-state index in [2.05, 4.69) is 5.92 Å². The summed E-state index contributed by atoms with van der Waals surface area (Å²) in [5.41, 5.74) is 0. The van der Waals surface area contributed by atoms with Crippen LogP contribution in [-0.4, -0.2) is 22.5 Å². The lowest BCUT2D eigenvalue weighted by atomic mass is 10.4. The van der Waals surface area contributed by atoms with Crippen LogP contribution in [0, 0.1) is 12.3 Å². The predicted molar refractivity (Wildman–Crippen MR) is 47.0 cm³/mol. The minimum Gasteiger partial charge on any atom is -0.161 e. The van der Waals surface area contributed by atoms with E-state index in [9.17, 15) is 0 Å².